The van der Waals surface area contributed by atoms with Gasteiger partial charge in [0.2, 0.25) is 11.8 Å². The first kappa shape index (κ1) is 22.3. The molecule has 28 heavy (non-hydrogen) atoms. The summed E-state index contributed by atoms with van der Waals surface area (Å²) in [5.74, 6) is -0.292. The van der Waals surface area contributed by atoms with Crippen LogP contribution in [0.25, 0.3) is 0 Å². The standard InChI is InChI=1S/C22H26Cl2N2O2/c1-3-13-25-22(28)20(14-16-9-6-5-7-10-16)26(21(27)4-2)15-17-18(23)11-8-12-19(17)24/h5-12,20H,3-4,13-15H2,1-2H3,(H,25,28). The smallest absolute Gasteiger partial charge is 0.243 e. The fourth-order valence-corrected chi connectivity index (χ4v) is 3.49. The minimum atomic E-state index is -0.645. The third-order valence-corrected chi connectivity index (χ3v) is 5.22. The number of halogens is 2. The summed E-state index contributed by atoms with van der Waals surface area (Å²) in [6, 6.07) is 14.3. The number of benzene rings is 2. The summed E-state index contributed by atoms with van der Waals surface area (Å²) in [4.78, 5) is 27.4. The second-order valence-corrected chi connectivity index (χ2v) is 7.39. The predicted molar refractivity (Wildman–Crippen MR) is 115 cm³/mol. The van der Waals surface area contributed by atoms with Gasteiger partial charge < -0.3 is 10.2 Å². The van der Waals surface area contributed by atoms with E-state index in [0.717, 1.165) is 12.0 Å². The van der Waals surface area contributed by atoms with E-state index in [0.29, 0.717) is 28.6 Å². The predicted octanol–water partition coefficient (Wildman–Crippen LogP) is 4.87. The second-order valence-electron chi connectivity index (χ2n) is 6.57. The van der Waals surface area contributed by atoms with E-state index >= 15 is 0 Å². The van der Waals surface area contributed by atoms with Crippen LogP contribution in [0.1, 0.15) is 37.8 Å². The molecular formula is C22H26Cl2N2O2. The third kappa shape index (κ3) is 5.98. The Kier molecular flexibility index (Phi) is 8.81. The van der Waals surface area contributed by atoms with Crippen molar-refractivity contribution in [2.75, 3.05) is 6.54 Å². The Labute approximate surface area is 176 Å². The maximum atomic E-state index is 13.0. The van der Waals surface area contributed by atoms with Gasteiger partial charge in [-0.3, -0.25) is 9.59 Å². The monoisotopic (exact) mass is 420 g/mol. The second kappa shape index (κ2) is 11.1. The largest absolute Gasteiger partial charge is 0.354 e. The average molecular weight is 421 g/mol. The SMILES string of the molecule is CCCNC(=O)C(Cc1ccccc1)N(Cc1c(Cl)cccc1Cl)C(=O)CC. The number of nitrogens with zero attached hydrogens (tertiary/aromatic N) is 1. The highest BCUT2D eigenvalue weighted by Gasteiger charge is 2.30. The summed E-state index contributed by atoms with van der Waals surface area (Å²) >= 11 is 12.7. The summed E-state index contributed by atoms with van der Waals surface area (Å²) in [5, 5.41) is 3.89. The molecule has 0 bridgehead atoms. The van der Waals surface area contributed by atoms with Crippen LogP contribution in [-0.2, 0) is 22.6 Å². The van der Waals surface area contributed by atoms with E-state index in [-0.39, 0.29) is 24.8 Å². The Morgan fingerprint density at radius 2 is 1.64 bits per heavy atom. The molecule has 0 aliphatic carbocycles. The normalized spacial score (nSPS) is 11.7. The lowest BCUT2D eigenvalue weighted by Crippen LogP contribution is -2.50. The first-order chi connectivity index (χ1) is 13.5. The van der Waals surface area contributed by atoms with Gasteiger partial charge in [-0.25, -0.2) is 0 Å². The van der Waals surface area contributed by atoms with Gasteiger partial charge in [0, 0.05) is 41.5 Å². The number of hydrogen-bond donors (Lipinski definition) is 1. The maximum Gasteiger partial charge on any atom is 0.243 e. The quantitative estimate of drug-likeness (QED) is 0.628. The fraction of sp³-hybridized carbons (Fsp3) is 0.364. The molecule has 1 atom stereocenters. The van der Waals surface area contributed by atoms with Crippen molar-refractivity contribution in [3.63, 3.8) is 0 Å². The van der Waals surface area contributed by atoms with E-state index in [2.05, 4.69) is 5.32 Å². The molecule has 4 nitrogen and oxygen atoms in total. The molecule has 0 aliphatic rings. The zero-order valence-electron chi connectivity index (χ0n) is 16.3. The van der Waals surface area contributed by atoms with Crippen molar-refractivity contribution in [3.05, 3.63) is 69.7 Å². The van der Waals surface area contributed by atoms with Crippen LogP contribution in [0.2, 0.25) is 10.0 Å². The van der Waals surface area contributed by atoms with Gasteiger partial charge in [-0.15, -0.1) is 0 Å². The molecular weight excluding hydrogens is 395 g/mol. The van der Waals surface area contributed by atoms with Crippen LogP contribution in [0.3, 0.4) is 0 Å². The van der Waals surface area contributed by atoms with Gasteiger partial charge in [-0.2, -0.15) is 0 Å². The molecule has 0 aliphatic heterocycles. The van der Waals surface area contributed by atoms with E-state index in [9.17, 15) is 9.59 Å². The van der Waals surface area contributed by atoms with Gasteiger partial charge in [0.15, 0.2) is 0 Å². The van der Waals surface area contributed by atoms with Crippen molar-refractivity contribution in [2.45, 2.75) is 45.7 Å². The van der Waals surface area contributed by atoms with Crippen LogP contribution in [0.15, 0.2) is 48.5 Å². The molecule has 0 heterocycles. The molecule has 0 radical (unpaired) electrons. The van der Waals surface area contributed by atoms with Crippen LogP contribution in [0.5, 0.6) is 0 Å². The zero-order chi connectivity index (χ0) is 20.5. The first-order valence-electron chi connectivity index (χ1n) is 9.51. The van der Waals surface area contributed by atoms with Gasteiger partial charge in [0.1, 0.15) is 6.04 Å². The fourth-order valence-electron chi connectivity index (χ4n) is 2.98. The lowest BCUT2D eigenvalue weighted by molar-refractivity contribution is -0.141. The Bertz CT molecular complexity index is 776. The molecule has 0 saturated heterocycles. The summed E-state index contributed by atoms with van der Waals surface area (Å²) in [5.41, 5.74) is 1.63. The van der Waals surface area contributed by atoms with E-state index in [1.165, 1.54) is 0 Å². The van der Waals surface area contributed by atoms with Gasteiger partial charge >= 0.3 is 0 Å². The minimum absolute atomic E-state index is 0.122. The number of nitrogens with one attached hydrogen (secondary N) is 1. The highest BCUT2D eigenvalue weighted by Crippen LogP contribution is 2.27. The zero-order valence-corrected chi connectivity index (χ0v) is 17.8. The topological polar surface area (TPSA) is 49.4 Å². The van der Waals surface area contributed by atoms with E-state index in [1.807, 2.05) is 37.3 Å². The minimum Gasteiger partial charge on any atom is -0.354 e. The molecule has 0 spiro atoms. The summed E-state index contributed by atoms with van der Waals surface area (Å²) in [6.45, 7) is 4.52. The van der Waals surface area contributed by atoms with Crippen LogP contribution in [0.4, 0.5) is 0 Å². The number of carbonyl (C=O) groups excluding carboxylic acids is 2. The number of hydrogen-bond acceptors (Lipinski definition) is 2. The lowest BCUT2D eigenvalue weighted by atomic mass is 10.0. The molecule has 0 fully saturated rings. The van der Waals surface area contributed by atoms with Crippen molar-refractivity contribution < 1.29 is 9.59 Å². The van der Waals surface area contributed by atoms with E-state index in [4.69, 9.17) is 23.2 Å². The molecule has 0 saturated carbocycles. The Balaban J connectivity index is 2.39. The third-order valence-electron chi connectivity index (χ3n) is 4.51. The number of carbonyl (C=O) groups is 2. The Morgan fingerprint density at radius 1 is 1.00 bits per heavy atom. The molecule has 2 aromatic carbocycles. The number of amides is 2. The summed E-state index contributed by atoms with van der Waals surface area (Å²) < 4.78 is 0. The van der Waals surface area contributed by atoms with Gasteiger partial charge in [-0.1, -0.05) is 73.4 Å². The van der Waals surface area contributed by atoms with Crippen LogP contribution in [-0.4, -0.2) is 29.3 Å². The van der Waals surface area contributed by atoms with Crippen molar-refractivity contribution in [1.82, 2.24) is 10.2 Å². The van der Waals surface area contributed by atoms with Crippen LogP contribution >= 0.6 is 23.2 Å². The molecule has 1 unspecified atom stereocenters. The molecule has 2 rings (SSSR count). The van der Waals surface area contributed by atoms with Crippen LogP contribution in [0, 0.1) is 0 Å². The molecule has 150 valence electrons. The first-order valence-corrected chi connectivity index (χ1v) is 10.3. The molecule has 2 amide bonds. The Morgan fingerprint density at radius 3 is 2.21 bits per heavy atom. The molecule has 0 aromatic heterocycles. The average Bonchev–Trinajstić information content (AvgIpc) is 2.70. The van der Waals surface area contributed by atoms with Gasteiger partial charge in [0.25, 0.3) is 0 Å². The Hall–Kier alpha value is -2.04. The maximum absolute atomic E-state index is 13.0. The van der Waals surface area contributed by atoms with Crippen molar-refractivity contribution in [3.8, 4) is 0 Å². The van der Waals surface area contributed by atoms with Crippen molar-refractivity contribution >= 4 is 35.0 Å². The highest BCUT2D eigenvalue weighted by molar-refractivity contribution is 6.36. The molecule has 6 heteroatoms. The highest BCUT2D eigenvalue weighted by atomic mass is 35.5. The molecule has 1 N–H and O–H groups in total. The molecule has 2 aromatic rings. The summed E-state index contributed by atoms with van der Waals surface area (Å²) in [7, 11) is 0. The van der Waals surface area contributed by atoms with Gasteiger partial charge in [-0.05, 0) is 24.1 Å². The lowest BCUT2D eigenvalue weighted by Gasteiger charge is -2.31. The van der Waals surface area contributed by atoms with E-state index in [1.54, 1.807) is 30.0 Å². The van der Waals surface area contributed by atoms with Crippen molar-refractivity contribution in [1.29, 1.82) is 0 Å². The van der Waals surface area contributed by atoms with E-state index < -0.39 is 6.04 Å². The summed E-state index contributed by atoms with van der Waals surface area (Å²) in [6.07, 6.45) is 1.53. The number of rotatable bonds is 9. The van der Waals surface area contributed by atoms with Crippen LogP contribution < -0.4 is 5.32 Å². The van der Waals surface area contributed by atoms with Gasteiger partial charge in [0.05, 0.1) is 0 Å². The van der Waals surface area contributed by atoms with Crippen molar-refractivity contribution in [2.24, 2.45) is 0 Å².